The van der Waals surface area contributed by atoms with E-state index >= 15 is 0 Å². The summed E-state index contributed by atoms with van der Waals surface area (Å²) in [7, 11) is 1.58. The molecule has 4 fully saturated rings. The summed E-state index contributed by atoms with van der Waals surface area (Å²) in [6.07, 6.45) is 0.946. The van der Waals surface area contributed by atoms with Crippen molar-refractivity contribution in [2.24, 2.45) is 5.92 Å². The number of carbonyl (C=O) groups is 4. The van der Waals surface area contributed by atoms with Crippen LogP contribution in [0.5, 0.6) is 11.8 Å². The molecule has 47 heavy (non-hydrogen) atoms. The zero-order valence-electron chi connectivity index (χ0n) is 25.8. The number of hydrogen-bond acceptors (Lipinski definition) is 15. The fourth-order valence-electron chi connectivity index (χ4n) is 6.69. The van der Waals surface area contributed by atoms with Crippen LogP contribution < -0.4 is 14.4 Å². The SMILES string of the molecule is COc1ncc(N2CCc3ncnc(O[C@H]4CCN(C(=O)C5CCOC67OC(=O)CC(O)(CC(=O)OC56)C(=O)O7)C4)c3C2)cc1C.O. The molecule has 17 nitrogen and oxygen atoms in total. The summed E-state index contributed by atoms with van der Waals surface area (Å²) in [5, 5.41) is 10.6. The van der Waals surface area contributed by atoms with Crippen molar-refractivity contribution in [1.29, 1.82) is 0 Å². The molecule has 2 aromatic heterocycles. The molecule has 0 radical (unpaired) electrons. The van der Waals surface area contributed by atoms with Crippen LogP contribution in [-0.4, -0.2) is 111 Å². The molecule has 4 saturated heterocycles. The molecule has 7 rings (SSSR count). The van der Waals surface area contributed by atoms with E-state index in [0.29, 0.717) is 37.7 Å². The zero-order chi connectivity index (χ0) is 32.2. The second kappa shape index (κ2) is 12.2. The van der Waals surface area contributed by atoms with Crippen molar-refractivity contribution < 1.29 is 58.2 Å². The van der Waals surface area contributed by atoms with E-state index in [2.05, 4.69) is 19.9 Å². The number of anilines is 1. The summed E-state index contributed by atoms with van der Waals surface area (Å²) >= 11 is 0. The van der Waals surface area contributed by atoms with Crippen LogP contribution in [-0.2, 0) is 51.1 Å². The van der Waals surface area contributed by atoms with Crippen LogP contribution in [0.2, 0.25) is 0 Å². The number of carbonyl (C=O) groups excluding carboxylic acids is 4. The summed E-state index contributed by atoms with van der Waals surface area (Å²) in [6, 6.07) is 2.02. The fraction of sp³-hybridized carbons (Fsp3) is 0.567. The van der Waals surface area contributed by atoms with Gasteiger partial charge in [-0.2, -0.15) is 0 Å². The van der Waals surface area contributed by atoms with Crippen LogP contribution in [0, 0.1) is 12.8 Å². The van der Waals surface area contributed by atoms with Crippen molar-refractivity contribution in [3.63, 3.8) is 0 Å². The molecule has 2 bridgehead atoms. The largest absolute Gasteiger partial charge is 0.481 e. The molecule has 4 unspecified atom stereocenters. The maximum Gasteiger partial charge on any atom is 0.416 e. The van der Waals surface area contributed by atoms with Crippen LogP contribution in [0.4, 0.5) is 5.69 Å². The van der Waals surface area contributed by atoms with Crippen molar-refractivity contribution in [3.8, 4) is 11.8 Å². The molecule has 0 saturated carbocycles. The summed E-state index contributed by atoms with van der Waals surface area (Å²) < 4.78 is 33.4. The molecule has 7 heterocycles. The first kappa shape index (κ1) is 32.3. The van der Waals surface area contributed by atoms with E-state index in [1.807, 2.05) is 13.0 Å². The first-order chi connectivity index (χ1) is 22.1. The summed E-state index contributed by atoms with van der Waals surface area (Å²) in [5.41, 5.74) is 1.16. The van der Waals surface area contributed by atoms with Gasteiger partial charge in [-0.15, -0.1) is 0 Å². The minimum Gasteiger partial charge on any atom is -0.481 e. The van der Waals surface area contributed by atoms with E-state index < -0.39 is 60.3 Å². The zero-order valence-corrected chi connectivity index (χ0v) is 25.8. The highest BCUT2D eigenvalue weighted by Gasteiger charge is 2.65. The van der Waals surface area contributed by atoms with Crippen molar-refractivity contribution in [2.75, 3.05) is 38.3 Å². The predicted molar refractivity (Wildman–Crippen MR) is 155 cm³/mol. The van der Waals surface area contributed by atoms with Crippen LogP contribution in [0.25, 0.3) is 0 Å². The molecule has 252 valence electrons. The van der Waals surface area contributed by atoms with Gasteiger partial charge in [-0.3, -0.25) is 14.4 Å². The number of nitrogens with zero attached hydrogens (tertiary/aromatic N) is 5. The van der Waals surface area contributed by atoms with Gasteiger partial charge < -0.3 is 48.8 Å². The highest BCUT2D eigenvalue weighted by molar-refractivity contribution is 5.92. The lowest BCUT2D eigenvalue weighted by Gasteiger charge is -2.44. The Kier molecular flexibility index (Phi) is 8.39. The van der Waals surface area contributed by atoms with E-state index in [0.717, 1.165) is 29.1 Å². The van der Waals surface area contributed by atoms with Crippen LogP contribution >= 0.6 is 0 Å². The van der Waals surface area contributed by atoms with Crippen LogP contribution in [0.1, 0.15) is 42.5 Å². The van der Waals surface area contributed by atoms with Gasteiger partial charge in [0.2, 0.25) is 23.8 Å². The van der Waals surface area contributed by atoms with Gasteiger partial charge in [0, 0.05) is 31.5 Å². The number of likely N-dealkylation sites (tertiary alicyclic amines) is 1. The number of aryl methyl sites for hydroxylation is 1. The maximum absolute atomic E-state index is 13.9. The average molecular weight is 658 g/mol. The number of rotatable bonds is 5. The smallest absolute Gasteiger partial charge is 0.416 e. The van der Waals surface area contributed by atoms with E-state index in [1.165, 1.54) is 6.33 Å². The summed E-state index contributed by atoms with van der Waals surface area (Å²) in [4.78, 5) is 69.0. The van der Waals surface area contributed by atoms with Gasteiger partial charge in [-0.05, 0) is 19.4 Å². The molecular formula is C30H35N5O12. The van der Waals surface area contributed by atoms with Gasteiger partial charge in [-0.25, -0.2) is 19.7 Å². The Morgan fingerprint density at radius 2 is 1.87 bits per heavy atom. The number of hydrogen-bond donors (Lipinski definition) is 1. The first-order valence-electron chi connectivity index (χ1n) is 15.1. The third kappa shape index (κ3) is 5.78. The normalized spacial score (nSPS) is 29.9. The minimum absolute atomic E-state index is 0. The lowest BCUT2D eigenvalue weighted by molar-refractivity contribution is -0.398. The van der Waals surface area contributed by atoms with E-state index in [4.69, 9.17) is 28.4 Å². The van der Waals surface area contributed by atoms with Gasteiger partial charge in [0.25, 0.3) is 0 Å². The second-order valence-corrected chi connectivity index (χ2v) is 12.1. The molecule has 3 N–H and O–H groups in total. The monoisotopic (exact) mass is 657 g/mol. The van der Waals surface area contributed by atoms with E-state index in [-0.39, 0.29) is 31.2 Å². The maximum atomic E-state index is 13.9. The number of fused-ring (bicyclic) bond motifs is 3. The summed E-state index contributed by atoms with van der Waals surface area (Å²) in [5.74, 6) is -6.19. The molecule has 2 aromatic rings. The Balaban J connectivity index is 0.00000386. The Morgan fingerprint density at radius 1 is 1.06 bits per heavy atom. The quantitative estimate of drug-likeness (QED) is 0.386. The highest BCUT2D eigenvalue weighted by Crippen LogP contribution is 2.42. The van der Waals surface area contributed by atoms with Crippen molar-refractivity contribution in [1.82, 2.24) is 19.9 Å². The third-order valence-corrected chi connectivity index (χ3v) is 9.04. The number of aliphatic hydroxyl groups is 1. The first-order valence-corrected chi connectivity index (χ1v) is 15.1. The van der Waals surface area contributed by atoms with E-state index in [9.17, 15) is 24.3 Å². The van der Waals surface area contributed by atoms with Crippen molar-refractivity contribution in [3.05, 3.63) is 35.4 Å². The Morgan fingerprint density at radius 3 is 2.66 bits per heavy atom. The molecule has 1 spiro atoms. The Bertz CT molecular complexity index is 1610. The summed E-state index contributed by atoms with van der Waals surface area (Å²) in [6.45, 7) is 3.61. The lowest BCUT2D eigenvalue weighted by atomic mass is 9.91. The number of pyridine rings is 1. The molecule has 1 amide bonds. The fourth-order valence-corrected chi connectivity index (χ4v) is 6.69. The molecule has 17 heteroatoms. The number of methoxy groups -OCH3 is 1. The van der Waals surface area contributed by atoms with E-state index in [1.54, 1.807) is 18.2 Å². The topological polar surface area (TPSA) is 221 Å². The number of esters is 3. The van der Waals surface area contributed by atoms with Crippen LogP contribution in [0.3, 0.4) is 0 Å². The third-order valence-electron chi connectivity index (χ3n) is 9.04. The molecule has 5 aliphatic heterocycles. The lowest BCUT2D eigenvalue weighted by Crippen LogP contribution is -2.63. The van der Waals surface area contributed by atoms with Crippen molar-refractivity contribution in [2.45, 2.75) is 69.4 Å². The van der Waals surface area contributed by atoms with Gasteiger partial charge in [0.1, 0.15) is 12.4 Å². The average Bonchev–Trinajstić information content (AvgIpc) is 3.47. The molecule has 5 aliphatic rings. The molecule has 0 aromatic carbocycles. The number of aromatic nitrogens is 3. The molecule has 0 aliphatic carbocycles. The Labute approximate surface area is 268 Å². The standard InChI is InChI=1S/C30H33N5O11.H2O/c1-16-9-17(12-31-25(16)41-2)34-7-4-21-20(14-34)26(33-15-32-21)43-18-3-6-35(13-18)27(38)19-5-8-42-30-24(19)44-22(36)10-29(40,28(39)46-30)11-23(37)45-30;/h9,12,15,18-19,24,40H,3-8,10-11,13-14H2,1-2H3;1H2/t18-,19?,24?,29?,30?;/m0./s1. The van der Waals surface area contributed by atoms with Crippen molar-refractivity contribution >= 4 is 29.5 Å². The second-order valence-electron chi connectivity index (χ2n) is 12.1. The number of amides is 1. The Hall–Kier alpha value is -4.61. The highest BCUT2D eigenvalue weighted by atomic mass is 16.9. The molecular weight excluding hydrogens is 622 g/mol. The number of ether oxygens (including phenoxy) is 6. The van der Waals surface area contributed by atoms with Crippen LogP contribution in [0.15, 0.2) is 18.6 Å². The van der Waals surface area contributed by atoms with Gasteiger partial charge in [0.15, 0.2) is 5.60 Å². The van der Waals surface area contributed by atoms with Gasteiger partial charge >= 0.3 is 23.9 Å². The molecule has 5 atom stereocenters. The minimum atomic E-state index is -2.48. The predicted octanol–water partition coefficient (Wildman–Crippen LogP) is -0.867. The van der Waals surface area contributed by atoms with Gasteiger partial charge in [-0.1, -0.05) is 0 Å². The van der Waals surface area contributed by atoms with Gasteiger partial charge in [0.05, 0.1) is 68.7 Å².